The number of nitrogens with one attached hydrogen (secondary N) is 2. The lowest BCUT2D eigenvalue weighted by Crippen LogP contribution is -2.34. The zero-order chi connectivity index (χ0) is 47.4. The molecular weight excluding hydrogens is 948 g/mol. The first-order chi connectivity index (χ1) is 31.3. The predicted octanol–water partition coefficient (Wildman–Crippen LogP) is 10.5. The molecule has 0 amide bonds. The summed E-state index contributed by atoms with van der Waals surface area (Å²) in [4.78, 5) is 10.5. The molecule has 22 nitrogen and oxygen atoms in total. The van der Waals surface area contributed by atoms with Gasteiger partial charge in [0.15, 0.2) is 0 Å². The summed E-state index contributed by atoms with van der Waals surface area (Å²) in [5.41, 5.74) is 3.64. The van der Waals surface area contributed by atoms with E-state index in [1.165, 1.54) is 6.07 Å². The van der Waals surface area contributed by atoms with Gasteiger partial charge in [-0.1, -0.05) is 16.1 Å². The Morgan fingerprint density at radius 1 is 0.591 bits per heavy atom. The minimum Gasteiger partial charge on any atom is -0.324 e. The first kappa shape index (κ1) is 47.8. The van der Waals surface area contributed by atoms with Crippen molar-refractivity contribution in [2.75, 3.05) is 31.8 Å². The molecule has 7 rings (SSSR count). The normalized spacial score (nSPS) is 12.5. The molecule has 27 heteroatoms. The van der Waals surface area contributed by atoms with Gasteiger partial charge in [-0.2, -0.15) is 46.4 Å². The number of aryl methyl sites for hydroxylation is 1. The third-order valence-electron chi connectivity index (χ3n) is 9.27. The van der Waals surface area contributed by atoms with Crippen LogP contribution in [0.15, 0.2) is 137 Å². The van der Waals surface area contributed by atoms with Crippen LogP contribution in [-0.4, -0.2) is 72.6 Å². The number of anilines is 4. The average molecular weight is 982 g/mol. The van der Waals surface area contributed by atoms with Gasteiger partial charge in [-0.15, -0.1) is 18.9 Å². The SMILES string of the molecule is Cc1cc(Nc2nc(F)nc(Nc3ccc([N+](C)(C)C)cc3)n2)ccc1N=Nc1ccc(N=Nc2cc(S(=O)(=O)O)c3cc(SOOO)cc(S(=O)(=O)O)c3c2)c2cc(SOOO)ccc12. The van der Waals surface area contributed by atoms with Crippen molar-refractivity contribution in [3.05, 3.63) is 109 Å². The molecule has 0 aliphatic carbocycles. The van der Waals surface area contributed by atoms with Crippen molar-refractivity contribution < 1.29 is 59.6 Å². The molecular formula is C39H34FN10O12S4+. The zero-order valence-corrected chi connectivity index (χ0v) is 37.6. The van der Waals surface area contributed by atoms with Gasteiger partial charge in [0.1, 0.15) is 15.5 Å². The van der Waals surface area contributed by atoms with Crippen LogP contribution in [0.3, 0.4) is 0 Å². The molecule has 0 atom stereocenters. The van der Waals surface area contributed by atoms with Gasteiger partial charge in [-0.05, 0) is 91.3 Å². The first-order valence-corrected chi connectivity index (χ1v) is 22.9. The lowest BCUT2D eigenvalue weighted by atomic mass is 10.1. The molecule has 0 saturated heterocycles. The fraction of sp³-hybridized carbons (Fsp3) is 0.103. The Labute approximate surface area is 382 Å². The molecule has 0 aliphatic heterocycles. The molecule has 1 heterocycles. The minimum absolute atomic E-state index is 0.00376. The molecule has 66 heavy (non-hydrogen) atoms. The molecule has 6 aromatic carbocycles. The second kappa shape index (κ2) is 19.7. The Morgan fingerprint density at radius 2 is 1.12 bits per heavy atom. The number of fused-ring (bicyclic) bond motifs is 2. The van der Waals surface area contributed by atoms with Gasteiger partial charge < -0.3 is 10.6 Å². The molecule has 0 bridgehead atoms. The summed E-state index contributed by atoms with van der Waals surface area (Å²) in [6, 6.07) is 24.6. The van der Waals surface area contributed by atoms with E-state index in [4.69, 9.17) is 10.5 Å². The van der Waals surface area contributed by atoms with Gasteiger partial charge in [0, 0.05) is 54.8 Å². The highest BCUT2D eigenvalue weighted by atomic mass is 32.2. The molecule has 7 aromatic rings. The topological polar surface area (TPSA) is 298 Å². The highest BCUT2D eigenvalue weighted by Gasteiger charge is 2.24. The van der Waals surface area contributed by atoms with Gasteiger partial charge in [0.25, 0.3) is 20.2 Å². The third kappa shape index (κ3) is 11.6. The largest absolute Gasteiger partial charge is 0.324 e. The second-order valence-corrected chi connectivity index (χ2v) is 19.0. The van der Waals surface area contributed by atoms with Gasteiger partial charge >= 0.3 is 6.08 Å². The standard InChI is InChI=1S/C39H33FN10O12S4/c1-21-15-23(42-39-44-37(40)43-38(45-39)41-22-5-8-25(9-6-22)50(2,3)4)7-12-32(21)47-49-33-13-14-34(29-18-26(63-61-59-51)10-11-28(29)33)48-46-24-16-30-31(35(17-24)65(53,54)55)19-27(64-62-60-52)20-36(30)66(56,57)58/h5-20H,1-4H3,(H5-,41,42,43,44,45,51,52,53,54,55,56,57,58)/p+1. The number of hydrogen-bond donors (Lipinski definition) is 6. The first-order valence-electron chi connectivity index (χ1n) is 18.5. The number of rotatable bonds is 17. The van der Waals surface area contributed by atoms with Gasteiger partial charge in [0.2, 0.25) is 11.9 Å². The van der Waals surface area contributed by atoms with Gasteiger partial charge in [-0.25, -0.2) is 10.5 Å². The van der Waals surface area contributed by atoms with Crippen LogP contribution in [0.4, 0.5) is 56.1 Å². The highest BCUT2D eigenvalue weighted by Crippen LogP contribution is 2.40. The second-order valence-electron chi connectivity index (χ2n) is 14.6. The van der Waals surface area contributed by atoms with Crippen molar-refractivity contribution in [1.29, 1.82) is 0 Å². The smallest absolute Gasteiger partial charge is 0.315 e. The van der Waals surface area contributed by atoms with Crippen molar-refractivity contribution in [3.63, 3.8) is 0 Å². The molecule has 6 N–H and O–H groups in total. The quantitative estimate of drug-likeness (QED) is 0.0123. The predicted molar refractivity (Wildman–Crippen MR) is 241 cm³/mol. The third-order valence-corrected chi connectivity index (χ3v) is 12.2. The van der Waals surface area contributed by atoms with E-state index in [1.807, 2.05) is 45.4 Å². The van der Waals surface area contributed by atoms with Crippen molar-refractivity contribution >= 4 is 118 Å². The number of nitrogens with zero attached hydrogens (tertiary/aromatic N) is 8. The molecule has 0 saturated carbocycles. The average Bonchev–Trinajstić information content (AvgIpc) is 3.25. The van der Waals surface area contributed by atoms with E-state index in [0.29, 0.717) is 60.5 Å². The molecule has 342 valence electrons. The van der Waals surface area contributed by atoms with E-state index in [9.17, 15) is 30.3 Å². The lowest BCUT2D eigenvalue weighted by molar-refractivity contribution is -0.432. The number of hydrogen-bond acceptors (Lipinski definition) is 21. The summed E-state index contributed by atoms with van der Waals surface area (Å²) in [5, 5.41) is 48.0. The van der Waals surface area contributed by atoms with Crippen LogP contribution in [0.2, 0.25) is 0 Å². The summed E-state index contributed by atoms with van der Waals surface area (Å²) in [7, 11) is -3.98. The van der Waals surface area contributed by atoms with Gasteiger partial charge in [-0.3, -0.25) is 13.6 Å². The molecule has 0 unspecified atom stereocenters. The van der Waals surface area contributed by atoms with Crippen molar-refractivity contribution in [2.24, 2.45) is 20.5 Å². The Morgan fingerprint density at radius 3 is 1.74 bits per heavy atom. The van der Waals surface area contributed by atoms with Crippen molar-refractivity contribution in [2.45, 2.75) is 26.5 Å². The van der Waals surface area contributed by atoms with E-state index >= 15 is 0 Å². The Hall–Kier alpha value is -6.18. The molecule has 0 radical (unpaired) electrons. The number of quaternary nitrogens is 1. The molecule has 0 aliphatic rings. The van der Waals surface area contributed by atoms with Crippen LogP contribution < -0.4 is 15.1 Å². The van der Waals surface area contributed by atoms with Gasteiger partial charge in [0.05, 0.1) is 68.0 Å². The summed E-state index contributed by atoms with van der Waals surface area (Å²) >= 11 is 0.923. The summed E-state index contributed by atoms with van der Waals surface area (Å²) in [6.45, 7) is 1.78. The summed E-state index contributed by atoms with van der Waals surface area (Å²) in [6.07, 6.45) is -0.995. The van der Waals surface area contributed by atoms with E-state index in [1.54, 1.807) is 49.4 Å². The Balaban J connectivity index is 1.18. The molecule has 0 spiro atoms. The van der Waals surface area contributed by atoms with Crippen LogP contribution >= 0.6 is 24.1 Å². The Kier molecular flexibility index (Phi) is 14.3. The maximum atomic E-state index is 14.5. The number of halogens is 1. The van der Waals surface area contributed by atoms with E-state index in [-0.39, 0.29) is 51.0 Å². The van der Waals surface area contributed by atoms with Crippen LogP contribution in [0.25, 0.3) is 21.5 Å². The number of aromatic nitrogens is 3. The minimum atomic E-state index is -5.06. The highest BCUT2D eigenvalue weighted by molar-refractivity contribution is 7.94. The number of benzene rings is 6. The molecule has 1 aromatic heterocycles. The summed E-state index contributed by atoms with van der Waals surface area (Å²) < 4.78 is 94.2. The maximum absolute atomic E-state index is 14.5. The Bertz CT molecular complexity index is 3270. The van der Waals surface area contributed by atoms with E-state index < -0.39 is 36.1 Å². The van der Waals surface area contributed by atoms with Crippen LogP contribution in [0, 0.1) is 13.0 Å². The number of azo groups is 2. The van der Waals surface area contributed by atoms with Crippen LogP contribution in [-0.2, 0) is 39.0 Å². The fourth-order valence-electron chi connectivity index (χ4n) is 6.30. The van der Waals surface area contributed by atoms with Crippen molar-refractivity contribution in [1.82, 2.24) is 19.4 Å². The fourth-order valence-corrected chi connectivity index (χ4v) is 8.65. The van der Waals surface area contributed by atoms with E-state index in [0.717, 1.165) is 30.0 Å². The zero-order valence-electron chi connectivity index (χ0n) is 34.4. The lowest BCUT2D eigenvalue weighted by Gasteiger charge is -2.23. The van der Waals surface area contributed by atoms with E-state index in [2.05, 4.69) is 64.8 Å². The van der Waals surface area contributed by atoms with Crippen molar-refractivity contribution in [3.8, 4) is 0 Å². The molecule has 0 fully saturated rings. The van der Waals surface area contributed by atoms with Crippen LogP contribution in [0.1, 0.15) is 5.56 Å². The maximum Gasteiger partial charge on any atom is 0.315 e. The van der Waals surface area contributed by atoms with Crippen LogP contribution in [0.5, 0.6) is 0 Å². The summed E-state index contributed by atoms with van der Waals surface area (Å²) in [5.74, 6) is -0.0493. The monoisotopic (exact) mass is 981 g/mol.